The molecule has 4 rings (SSSR count). The van der Waals surface area contributed by atoms with Crippen molar-refractivity contribution in [3.63, 3.8) is 0 Å². The number of hydrogen-bond donors (Lipinski definition) is 0. The van der Waals surface area contributed by atoms with Crippen LogP contribution in [0, 0.1) is 29.1 Å². The van der Waals surface area contributed by atoms with Crippen LogP contribution in [0.3, 0.4) is 0 Å². The molecule has 0 radical (unpaired) electrons. The van der Waals surface area contributed by atoms with Crippen molar-refractivity contribution in [3.05, 3.63) is 29.8 Å². The van der Waals surface area contributed by atoms with Crippen LogP contribution >= 0.6 is 0 Å². The lowest BCUT2D eigenvalue weighted by atomic mass is 9.77. The van der Waals surface area contributed by atoms with E-state index in [1.54, 1.807) is 22.5 Å². The molecule has 0 spiro atoms. The van der Waals surface area contributed by atoms with Gasteiger partial charge in [0, 0.05) is 25.7 Å². The first-order valence-electron chi connectivity index (χ1n) is 10.2. The number of sulfonamides is 1. The van der Waals surface area contributed by atoms with Crippen molar-refractivity contribution >= 4 is 10.0 Å². The SMILES string of the molecule is CN(C)[C@@H]1C[C@@H]2CN(S(=O)(=O)c3cccc(C#N)c3)C[C@@H]2C[C@H]1OCC1CC1. The lowest BCUT2D eigenvalue weighted by Gasteiger charge is -2.41. The normalized spacial score (nSPS) is 30.9. The van der Waals surface area contributed by atoms with Gasteiger partial charge >= 0.3 is 0 Å². The number of rotatable bonds is 6. The largest absolute Gasteiger partial charge is 0.376 e. The first-order valence-corrected chi connectivity index (χ1v) is 11.6. The highest BCUT2D eigenvalue weighted by Crippen LogP contribution is 2.41. The predicted molar refractivity (Wildman–Crippen MR) is 106 cm³/mol. The molecule has 1 saturated heterocycles. The standard InChI is InChI=1S/C21H29N3O3S/c1-23(2)20-9-17-12-24(13-18(17)10-21(20)27-14-15-6-7-15)28(25,26)19-5-3-4-16(8-19)11-22/h3-5,8,15,17-18,20-21H,6-7,9-10,12-14H2,1-2H3/t17-,18+,20-,21-/m1/s1. The minimum atomic E-state index is -3.57. The Labute approximate surface area is 168 Å². The van der Waals surface area contributed by atoms with Gasteiger partial charge in [0.25, 0.3) is 0 Å². The Hall–Kier alpha value is -1.46. The van der Waals surface area contributed by atoms with E-state index in [0.29, 0.717) is 36.5 Å². The highest BCUT2D eigenvalue weighted by molar-refractivity contribution is 7.89. The average Bonchev–Trinajstić information content (AvgIpc) is 3.42. The third kappa shape index (κ3) is 3.97. The zero-order valence-corrected chi connectivity index (χ0v) is 17.4. The van der Waals surface area contributed by atoms with Crippen LogP contribution < -0.4 is 0 Å². The molecule has 0 unspecified atom stereocenters. The van der Waals surface area contributed by atoms with E-state index in [-0.39, 0.29) is 11.0 Å². The minimum Gasteiger partial charge on any atom is -0.376 e. The molecule has 0 bridgehead atoms. The number of likely N-dealkylation sites (N-methyl/N-ethyl adjacent to an activating group) is 1. The Morgan fingerprint density at radius 3 is 2.57 bits per heavy atom. The molecule has 0 amide bonds. The summed E-state index contributed by atoms with van der Waals surface area (Å²) in [5, 5.41) is 9.09. The summed E-state index contributed by atoms with van der Waals surface area (Å²) in [7, 11) is 0.613. The highest BCUT2D eigenvalue weighted by Gasteiger charge is 2.46. The maximum Gasteiger partial charge on any atom is 0.243 e. The van der Waals surface area contributed by atoms with Crippen LogP contribution in [-0.2, 0) is 14.8 Å². The van der Waals surface area contributed by atoms with Crippen LogP contribution in [0.25, 0.3) is 0 Å². The van der Waals surface area contributed by atoms with Crippen molar-refractivity contribution < 1.29 is 13.2 Å². The summed E-state index contributed by atoms with van der Waals surface area (Å²) in [4.78, 5) is 2.46. The molecule has 0 aromatic heterocycles. The zero-order chi connectivity index (χ0) is 19.9. The summed E-state index contributed by atoms with van der Waals surface area (Å²) in [5.41, 5.74) is 0.374. The van der Waals surface area contributed by atoms with E-state index in [1.165, 1.54) is 18.9 Å². The Balaban J connectivity index is 1.49. The first kappa shape index (κ1) is 19.8. The predicted octanol–water partition coefficient (Wildman–Crippen LogP) is 2.31. The van der Waals surface area contributed by atoms with Gasteiger partial charge in [-0.25, -0.2) is 8.42 Å². The van der Waals surface area contributed by atoms with Crippen molar-refractivity contribution in [2.24, 2.45) is 17.8 Å². The van der Waals surface area contributed by atoms with Gasteiger partial charge < -0.3 is 9.64 Å². The smallest absolute Gasteiger partial charge is 0.243 e. The van der Waals surface area contributed by atoms with Crippen LogP contribution in [0.5, 0.6) is 0 Å². The van der Waals surface area contributed by atoms with Gasteiger partial charge in [0.1, 0.15) is 0 Å². The molecule has 4 atom stereocenters. The average molecular weight is 404 g/mol. The molecule has 1 aromatic carbocycles. The third-order valence-corrected chi connectivity index (χ3v) is 8.39. The summed E-state index contributed by atoms with van der Waals surface area (Å²) >= 11 is 0. The van der Waals surface area contributed by atoms with Gasteiger partial charge in [-0.15, -0.1) is 0 Å². The number of ether oxygens (including phenoxy) is 1. The molecule has 0 N–H and O–H groups in total. The molecule has 3 fully saturated rings. The van der Waals surface area contributed by atoms with Gasteiger partial charge in [0.15, 0.2) is 0 Å². The molecule has 3 aliphatic rings. The van der Waals surface area contributed by atoms with E-state index < -0.39 is 10.0 Å². The quantitative estimate of drug-likeness (QED) is 0.729. The molecule has 6 nitrogen and oxygen atoms in total. The van der Waals surface area contributed by atoms with Crippen molar-refractivity contribution in [3.8, 4) is 6.07 Å². The van der Waals surface area contributed by atoms with Gasteiger partial charge in [0.2, 0.25) is 10.0 Å². The number of hydrogen-bond acceptors (Lipinski definition) is 5. The second-order valence-corrected chi connectivity index (χ2v) is 10.7. The fraction of sp³-hybridized carbons (Fsp3) is 0.667. The molecule has 152 valence electrons. The summed E-state index contributed by atoms with van der Waals surface area (Å²) in [6.45, 7) is 1.95. The molecule has 1 aliphatic heterocycles. The number of benzene rings is 1. The van der Waals surface area contributed by atoms with E-state index >= 15 is 0 Å². The molecular formula is C21H29N3O3S. The number of nitrogens with zero attached hydrogens (tertiary/aromatic N) is 3. The van der Waals surface area contributed by atoms with Crippen molar-refractivity contribution in [2.45, 2.75) is 42.7 Å². The maximum absolute atomic E-state index is 13.1. The maximum atomic E-state index is 13.1. The van der Waals surface area contributed by atoms with Crippen molar-refractivity contribution in [2.75, 3.05) is 33.8 Å². The Morgan fingerprint density at radius 1 is 1.21 bits per heavy atom. The topological polar surface area (TPSA) is 73.6 Å². The van der Waals surface area contributed by atoms with E-state index in [1.807, 2.05) is 6.07 Å². The number of nitriles is 1. The summed E-state index contributed by atoms with van der Waals surface area (Å²) in [6, 6.07) is 8.69. The van der Waals surface area contributed by atoms with E-state index in [2.05, 4.69) is 19.0 Å². The Bertz CT molecular complexity index is 860. The molecule has 2 saturated carbocycles. The zero-order valence-electron chi connectivity index (χ0n) is 16.6. The minimum absolute atomic E-state index is 0.182. The Kier molecular flexibility index (Phi) is 5.49. The summed E-state index contributed by atoms with van der Waals surface area (Å²) in [5.74, 6) is 1.44. The summed E-state index contributed by atoms with van der Waals surface area (Å²) in [6.07, 6.45) is 4.63. The van der Waals surface area contributed by atoms with Gasteiger partial charge in [0.05, 0.1) is 22.6 Å². The molecule has 1 heterocycles. The van der Waals surface area contributed by atoms with E-state index in [4.69, 9.17) is 10.00 Å². The van der Waals surface area contributed by atoms with Crippen molar-refractivity contribution in [1.29, 1.82) is 5.26 Å². The van der Waals surface area contributed by atoms with Crippen LogP contribution in [0.15, 0.2) is 29.2 Å². The van der Waals surface area contributed by atoms with E-state index in [9.17, 15) is 8.42 Å². The molecule has 1 aromatic rings. The monoisotopic (exact) mass is 403 g/mol. The summed E-state index contributed by atoms with van der Waals surface area (Å²) < 4.78 is 34.2. The van der Waals surface area contributed by atoms with Gasteiger partial charge in [-0.1, -0.05) is 6.07 Å². The van der Waals surface area contributed by atoms with Crippen molar-refractivity contribution in [1.82, 2.24) is 9.21 Å². The molecule has 7 heteroatoms. The van der Waals surface area contributed by atoms with Gasteiger partial charge in [-0.05, 0) is 75.7 Å². The van der Waals surface area contributed by atoms with Crippen LogP contribution in [0.2, 0.25) is 0 Å². The third-order valence-electron chi connectivity index (χ3n) is 6.56. The van der Waals surface area contributed by atoms with Gasteiger partial charge in [-0.3, -0.25) is 0 Å². The Morgan fingerprint density at radius 2 is 1.93 bits per heavy atom. The van der Waals surface area contributed by atoms with E-state index in [0.717, 1.165) is 25.4 Å². The molecule has 28 heavy (non-hydrogen) atoms. The van der Waals surface area contributed by atoms with Crippen LogP contribution in [-0.4, -0.2) is 63.6 Å². The molecule has 2 aliphatic carbocycles. The lowest BCUT2D eigenvalue weighted by Crippen LogP contribution is -2.48. The second kappa shape index (κ2) is 7.75. The molecular weight excluding hydrogens is 374 g/mol. The fourth-order valence-corrected chi connectivity index (χ4v) is 6.29. The van der Waals surface area contributed by atoms with Gasteiger partial charge in [-0.2, -0.15) is 9.57 Å². The lowest BCUT2D eigenvalue weighted by molar-refractivity contribution is -0.0493. The van der Waals surface area contributed by atoms with Crippen LogP contribution in [0.1, 0.15) is 31.2 Å². The fourth-order valence-electron chi connectivity index (χ4n) is 4.69. The first-order chi connectivity index (χ1) is 13.4. The second-order valence-electron chi connectivity index (χ2n) is 8.80. The van der Waals surface area contributed by atoms with Crippen LogP contribution in [0.4, 0.5) is 0 Å². The highest BCUT2D eigenvalue weighted by atomic mass is 32.2. The number of fused-ring (bicyclic) bond motifs is 1.